The van der Waals surface area contributed by atoms with E-state index in [2.05, 4.69) is 28.2 Å². The maximum absolute atomic E-state index is 5.49. The van der Waals surface area contributed by atoms with Crippen LogP contribution in [0.1, 0.15) is 30.4 Å². The minimum Gasteiger partial charge on any atom is -0.493 e. The van der Waals surface area contributed by atoms with Crippen molar-refractivity contribution >= 4 is 15.9 Å². The van der Waals surface area contributed by atoms with Crippen molar-refractivity contribution in [1.29, 1.82) is 0 Å². The molecule has 1 aliphatic rings. The molecular formula is C15H22BrNO2. The van der Waals surface area contributed by atoms with Crippen LogP contribution in [-0.2, 0) is 6.42 Å². The Morgan fingerprint density at radius 1 is 1.32 bits per heavy atom. The summed E-state index contributed by atoms with van der Waals surface area (Å²) >= 11 is 3.67. The summed E-state index contributed by atoms with van der Waals surface area (Å²) in [5, 5.41) is 3.60. The molecule has 0 saturated carbocycles. The van der Waals surface area contributed by atoms with Crippen molar-refractivity contribution in [1.82, 2.24) is 5.32 Å². The van der Waals surface area contributed by atoms with E-state index in [1.165, 1.54) is 30.4 Å². The average molecular weight is 328 g/mol. The summed E-state index contributed by atoms with van der Waals surface area (Å²) in [5.41, 5.74) is 2.48. The van der Waals surface area contributed by atoms with Crippen LogP contribution < -0.4 is 14.8 Å². The first-order valence-electron chi connectivity index (χ1n) is 6.80. The van der Waals surface area contributed by atoms with E-state index in [1.807, 2.05) is 6.07 Å². The van der Waals surface area contributed by atoms with Crippen molar-refractivity contribution < 1.29 is 9.47 Å². The molecule has 1 atom stereocenters. The lowest BCUT2D eigenvalue weighted by Gasteiger charge is -2.25. The molecule has 0 radical (unpaired) electrons. The third-order valence-electron chi connectivity index (χ3n) is 3.85. The molecule has 4 heteroatoms. The van der Waals surface area contributed by atoms with Crippen LogP contribution >= 0.6 is 15.9 Å². The molecule has 1 aliphatic heterocycles. The van der Waals surface area contributed by atoms with Gasteiger partial charge in [0.05, 0.1) is 14.2 Å². The average Bonchev–Trinajstić information content (AvgIpc) is 2.44. The van der Waals surface area contributed by atoms with Gasteiger partial charge < -0.3 is 14.8 Å². The van der Waals surface area contributed by atoms with Gasteiger partial charge in [0.15, 0.2) is 11.5 Å². The summed E-state index contributed by atoms with van der Waals surface area (Å²) in [4.78, 5) is 0. The largest absolute Gasteiger partial charge is 0.493 e. The summed E-state index contributed by atoms with van der Waals surface area (Å²) in [6.07, 6.45) is 4.90. The van der Waals surface area contributed by atoms with Gasteiger partial charge in [0.25, 0.3) is 0 Å². The Bertz CT molecular complexity index is 442. The van der Waals surface area contributed by atoms with E-state index in [0.717, 1.165) is 28.9 Å². The number of nitrogens with one attached hydrogen (secondary N) is 1. The standard InChI is InChI=1S/C15H22BrNO2/c1-10-12(8-11-6-4-5-7-17-11)13(16)9-14(18-2)15(10)19-3/h9,11,17H,4-8H2,1-3H3. The summed E-state index contributed by atoms with van der Waals surface area (Å²) < 4.78 is 12.0. The number of halogens is 1. The Labute approximate surface area is 123 Å². The van der Waals surface area contributed by atoms with Crippen LogP contribution in [0.4, 0.5) is 0 Å². The molecule has 1 aromatic carbocycles. The number of methoxy groups -OCH3 is 2. The zero-order valence-electron chi connectivity index (χ0n) is 11.9. The van der Waals surface area contributed by atoms with Gasteiger partial charge >= 0.3 is 0 Å². The fourth-order valence-corrected chi connectivity index (χ4v) is 3.44. The van der Waals surface area contributed by atoms with Gasteiger partial charge in [-0.1, -0.05) is 22.4 Å². The second-order valence-corrected chi connectivity index (χ2v) is 5.90. The van der Waals surface area contributed by atoms with E-state index >= 15 is 0 Å². The maximum atomic E-state index is 5.49. The molecule has 0 aliphatic carbocycles. The van der Waals surface area contributed by atoms with Crippen LogP contribution in [-0.4, -0.2) is 26.8 Å². The Hall–Kier alpha value is -0.740. The van der Waals surface area contributed by atoms with E-state index in [-0.39, 0.29) is 0 Å². The van der Waals surface area contributed by atoms with Gasteiger partial charge in [0.1, 0.15) is 0 Å². The molecule has 2 rings (SSSR count). The molecule has 1 unspecified atom stereocenters. The van der Waals surface area contributed by atoms with Gasteiger partial charge in [-0.3, -0.25) is 0 Å². The zero-order chi connectivity index (χ0) is 13.8. The first-order chi connectivity index (χ1) is 9.17. The molecule has 1 saturated heterocycles. The lowest BCUT2D eigenvalue weighted by Crippen LogP contribution is -2.35. The SMILES string of the molecule is COc1cc(Br)c(CC2CCCCN2)c(C)c1OC. The first-order valence-corrected chi connectivity index (χ1v) is 7.60. The van der Waals surface area contributed by atoms with E-state index in [0.29, 0.717) is 6.04 Å². The number of ether oxygens (including phenoxy) is 2. The summed E-state index contributed by atoms with van der Waals surface area (Å²) in [6, 6.07) is 2.58. The van der Waals surface area contributed by atoms with Crippen molar-refractivity contribution in [3.8, 4) is 11.5 Å². The molecule has 1 heterocycles. The molecule has 106 valence electrons. The van der Waals surface area contributed by atoms with Gasteiger partial charge in [-0.25, -0.2) is 0 Å². The van der Waals surface area contributed by atoms with Crippen molar-refractivity contribution in [2.24, 2.45) is 0 Å². The lowest BCUT2D eigenvalue weighted by atomic mass is 9.94. The molecular weight excluding hydrogens is 306 g/mol. The van der Waals surface area contributed by atoms with Gasteiger partial charge in [-0.05, 0) is 49.9 Å². The van der Waals surface area contributed by atoms with Crippen molar-refractivity contribution in [2.75, 3.05) is 20.8 Å². The Kier molecular flexibility index (Phi) is 5.11. The van der Waals surface area contributed by atoms with E-state index < -0.39 is 0 Å². The highest BCUT2D eigenvalue weighted by Crippen LogP contribution is 2.38. The maximum Gasteiger partial charge on any atom is 0.163 e. The van der Waals surface area contributed by atoms with Crippen LogP contribution in [0, 0.1) is 6.92 Å². The predicted octanol–water partition coefficient (Wildman–Crippen LogP) is 3.46. The minimum absolute atomic E-state index is 0.571. The lowest BCUT2D eigenvalue weighted by molar-refractivity contribution is 0.351. The minimum atomic E-state index is 0.571. The monoisotopic (exact) mass is 327 g/mol. The quantitative estimate of drug-likeness (QED) is 0.918. The normalized spacial score (nSPS) is 19.3. The summed E-state index contributed by atoms with van der Waals surface area (Å²) in [6.45, 7) is 3.24. The second-order valence-electron chi connectivity index (χ2n) is 5.05. The van der Waals surface area contributed by atoms with Gasteiger partial charge in [0.2, 0.25) is 0 Å². The molecule has 1 fully saturated rings. The van der Waals surface area contributed by atoms with Crippen molar-refractivity contribution in [3.05, 3.63) is 21.7 Å². The summed E-state index contributed by atoms with van der Waals surface area (Å²) in [5.74, 6) is 1.63. The first kappa shape index (κ1) is 14.7. The van der Waals surface area contributed by atoms with Gasteiger partial charge in [-0.15, -0.1) is 0 Å². The van der Waals surface area contributed by atoms with Crippen LogP contribution in [0.3, 0.4) is 0 Å². The third-order valence-corrected chi connectivity index (χ3v) is 4.56. The van der Waals surface area contributed by atoms with Crippen molar-refractivity contribution in [3.63, 3.8) is 0 Å². The van der Waals surface area contributed by atoms with Crippen LogP contribution in [0.25, 0.3) is 0 Å². The number of hydrogen-bond donors (Lipinski definition) is 1. The molecule has 19 heavy (non-hydrogen) atoms. The van der Waals surface area contributed by atoms with Crippen LogP contribution in [0.2, 0.25) is 0 Å². The van der Waals surface area contributed by atoms with Gasteiger partial charge in [0, 0.05) is 10.5 Å². The molecule has 0 spiro atoms. The van der Waals surface area contributed by atoms with E-state index in [1.54, 1.807) is 14.2 Å². The second kappa shape index (κ2) is 6.62. The predicted molar refractivity (Wildman–Crippen MR) is 81.3 cm³/mol. The number of piperidine rings is 1. The van der Waals surface area contributed by atoms with Gasteiger partial charge in [-0.2, -0.15) is 0 Å². The molecule has 1 N–H and O–H groups in total. The Morgan fingerprint density at radius 2 is 2.11 bits per heavy atom. The van der Waals surface area contributed by atoms with E-state index in [9.17, 15) is 0 Å². The Morgan fingerprint density at radius 3 is 2.68 bits per heavy atom. The molecule has 0 aromatic heterocycles. The Balaban J connectivity index is 2.28. The highest BCUT2D eigenvalue weighted by molar-refractivity contribution is 9.10. The van der Waals surface area contributed by atoms with E-state index in [4.69, 9.17) is 9.47 Å². The molecule has 1 aromatic rings. The smallest absolute Gasteiger partial charge is 0.163 e. The van der Waals surface area contributed by atoms with Crippen LogP contribution in [0.15, 0.2) is 10.5 Å². The number of rotatable bonds is 4. The topological polar surface area (TPSA) is 30.5 Å². The molecule has 3 nitrogen and oxygen atoms in total. The number of hydrogen-bond acceptors (Lipinski definition) is 3. The highest BCUT2D eigenvalue weighted by Gasteiger charge is 2.20. The number of benzene rings is 1. The molecule has 0 amide bonds. The summed E-state index contributed by atoms with van der Waals surface area (Å²) in [7, 11) is 3.37. The third kappa shape index (κ3) is 3.23. The van der Waals surface area contributed by atoms with Crippen molar-refractivity contribution in [2.45, 2.75) is 38.6 Å². The molecule has 0 bridgehead atoms. The fourth-order valence-electron chi connectivity index (χ4n) is 2.77. The fraction of sp³-hybridized carbons (Fsp3) is 0.600. The zero-order valence-corrected chi connectivity index (χ0v) is 13.5. The van der Waals surface area contributed by atoms with Crippen LogP contribution in [0.5, 0.6) is 11.5 Å². The highest BCUT2D eigenvalue weighted by atomic mass is 79.9.